The van der Waals surface area contributed by atoms with Crippen molar-refractivity contribution < 1.29 is 0 Å². The lowest BCUT2D eigenvalue weighted by atomic mass is 9.86. The van der Waals surface area contributed by atoms with Crippen LogP contribution in [0.25, 0.3) is 0 Å². The Hall–Kier alpha value is -0.650. The van der Waals surface area contributed by atoms with Crippen molar-refractivity contribution in [1.29, 1.82) is 0 Å². The van der Waals surface area contributed by atoms with Gasteiger partial charge >= 0.3 is 0 Å². The summed E-state index contributed by atoms with van der Waals surface area (Å²) in [6.07, 6.45) is 5.24. The van der Waals surface area contributed by atoms with E-state index in [9.17, 15) is 0 Å². The van der Waals surface area contributed by atoms with Crippen molar-refractivity contribution in [2.75, 3.05) is 20.6 Å². The molecule has 0 bridgehead atoms. The monoisotopic (exact) mass is 325 g/mol. The Balaban J connectivity index is 1.82. The second-order valence-corrected chi connectivity index (χ2v) is 7.60. The highest BCUT2D eigenvalue weighted by molar-refractivity contribution is 7.80. The maximum absolute atomic E-state index is 5.48. The molecule has 1 saturated carbocycles. The summed E-state index contributed by atoms with van der Waals surface area (Å²) >= 11 is 7.29. The van der Waals surface area contributed by atoms with E-state index < -0.39 is 0 Å². The van der Waals surface area contributed by atoms with Gasteiger partial charge in [-0.25, -0.2) is 0 Å². The summed E-state index contributed by atoms with van der Waals surface area (Å²) in [7, 11) is 4.23. The normalized spacial score (nSPS) is 23.8. The first-order chi connectivity index (χ1) is 10.1. The van der Waals surface area contributed by atoms with E-state index in [1.165, 1.54) is 30.6 Å². The molecule has 21 heavy (non-hydrogen) atoms. The van der Waals surface area contributed by atoms with Gasteiger partial charge in [0.15, 0.2) is 5.11 Å². The molecule has 0 amide bonds. The zero-order valence-electron chi connectivity index (χ0n) is 13.3. The maximum atomic E-state index is 5.48. The molecule has 1 aliphatic carbocycles. The highest BCUT2D eigenvalue weighted by atomic mass is 32.1. The molecule has 5 heteroatoms. The second kappa shape index (κ2) is 8.11. The molecule has 0 aliphatic heterocycles. The third-order valence-electron chi connectivity index (χ3n) is 4.38. The minimum atomic E-state index is 0.369. The van der Waals surface area contributed by atoms with Gasteiger partial charge in [-0.05, 0) is 56.5 Å². The first kappa shape index (κ1) is 16.7. The fraction of sp³-hybridized carbons (Fsp3) is 0.688. The molecule has 0 radical (unpaired) electrons. The quantitative estimate of drug-likeness (QED) is 0.812. The summed E-state index contributed by atoms with van der Waals surface area (Å²) in [5, 5.41) is 9.85. The highest BCUT2D eigenvalue weighted by Crippen LogP contribution is 2.24. The highest BCUT2D eigenvalue weighted by Gasteiger charge is 2.22. The molecule has 1 heterocycles. The molecule has 1 aromatic rings. The van der Waals surface area contributed by atoms with E-state index >= 15 is 0 Å². The van der Waals surface area contributed by atoms with Crippen LogP contribution in [0.4, 0.5) is 0 Å². The summed E-state index contributed by atoms with van der Waals surface area (Å²) in [4.78, 5) is 3.62. The van der Waals surface area contributed by atoms with Gasteiger partial charge in [-0.15, -0.1) is 11.3 Å². The van der Waals surface area contributed by atoms with Crippen molar-refractivity contribution in [3.8, 4) is 0 Å². The Labute approximate surface area is 138 Å². The lowest BCUT2D eigenvalue weighted by Crippen LogP contribution is -2.47. The van der Waals surface area contributed by atoms with Crippen molar-refractivity contribution in [1.82, 2.24) is 15.5 Å². The molecule has 0 spiro atoms. The number of thiophene rings is 1. The summed E-state index contributed by atoms with van der Waals surface area (Å²) < 4.78 is 0. The van der Waals surface area contributed by atoms with Crippen LogP contribution >= 0.6 is 23.6 Å². The van der Waals surface area contributed by atoms with Crippen molar-refractivity contribution in [2.24, 2.45) is 5.92 Å². The van der Waals surface area contributed by atoms with Crippen molar-refractivity contribution >= 4 is 28.7 Å². The van der Waals surface area contributed by atoms with Crippen LogP contribution in [0.1, 0.15) is 43.5 Å². The van der Waals surface area contributed by atoms with Crippen molar-refractivity contribution in [3.63, 3.8) is 0 Å². The lowest BCUT2D eigenvalue weighted by Gasteiger charge is -2.31. The molecule has 0 saturated heterocycles. The van der Waals surface area contributed by atoms with Gasteiger partial charge in [0.1, 0.15) is 0 Å². The number of likely N-dealkylation sites (N-methyl/N-ethyl adjacent to an activating group) is 1. The lowest BCUT2D eigenvalue weighted by molar-refractivity contribution is 0.295. The van der Waals surface area contributed by atoms with E-state index in [2.05, 4.69) is 54.1 Å². The zero-order chi connectivity index (χ0) is 15.2. The van der Waals surface area contributed by atoms with E-state index in [-0.39, 0.29) is 0 Å². The van der Waals surface area contributed by atoms with Crippen molar-refractivity contribution in [3.05, 3.63) is 22.4 Å². The van der Waals surface area contributed by atoms with Crippen LogP contribution < -0.4 is 10.6 Å². The number of hydrogen-bond acceptors (Lipinski definition) is 3. The molecular formula is C16H27N3S2. The Morgan fingerprint density at radius 1 is 1.43 bits per heavy atom. The van der Waals surface area contributed by atoms with Gasteiger partial charge in [0.2, 0.25) is 0 Å². The fourth-order valence-electron chi connectivity index (χ4n) is 2.96. The van der Waals surface area contributed by atoms with Crippen LogP contribution in [0.15, 0.2) is 17.5 Å². The van der Waals surface area contributed by atoms with Gasteiger partial charge in [-0.2, -0.15) is 0 Å². The van der Waals surface area contributed by atoms with Gasteiger partial charge in [-0.1, -0.05) is 25.8 Å². The summed E-state index contributed by atoms with van der Waals surface area (Å²) in [6.45, 7) is 3.17. The van der Waals surface area contributed by atoms with Gasteiger partial charge < -0.3 is 15.5 Å². The van der Waals surface area contributed by atoms with Crippen LogP contribution in [-0.2, 0) is 0 Å². The van der Waals surface area contributed by atoms with Crippen LogP contribution in [0, 0.1) is 5.92 Å². The standard InChI is InChI=1S/C16H27N3S2/c1-12-7-4-5-8-13(12)18-16(20)17-11-14(19(2)3)15-9-6-10-21-15/h6,9-10,12-14H,4-5,7-8,11H2,1-3H3,(H2,17,18,20). The molecule has 118 valence electrons. The Morgan fingerprint density at radius 2 is 2.19 bits per heavy atom. The Kier molecular flexibility index (Phi) is 6.45. The number of thiocarbonyl (C=S) groups is 1. The Bertz CT molecular complexity index is 431. The second-order valence-electron chi connectivity index (χ2n) is 6.22. The number of hydrogen-bond donors (Lipinski definition) is 2. The molecule has 2 rings (SSSR count). The van der Waals surface area contributed by atoms with E-state index in [4.69, 9.17) is 12.2 Å². The van der Waals surface area contributed by atoms with Gasteiger partial charge in [0.25, 0.3) is 0 Å². The molecule has 1 aliphatic rings. The minimum absolute atomic E-state index is 0.369. The van der Waals surface area contributed by atoms with E-state index in [1.54, 1.807) is 11.3 Å². The topological polar surface area (TPSA) is 27.3 Å². The predicted octanol–water partition coefficient (Wildman–Crippen LogP) is 3.39. The molecular weight excluding hydrogens is 298 g/mol. The first-order valence-corrected chi connectivity index (χ1v) is 9.11. The minimum Gasteiger partial charge on any atom is -0.361 e. The zero-order valence-corrected chi connectivity index (χ0v) is 14.9. The van der Waals surface area contributed by atoms with Gasteiger partial charge in [0.05, 0.1) is 6.04 Å². The maximum Gasteiger partial charge on any atom is 0.166 e. The summed E-state index contributed by atoms with van der Waals surface area (Å²) in [6, 6.07) is 5.21. The van der Waals surface area contributed by atoms with Crippen molar-refractivity contribution in [2.45, 2.75) is 44.7 Å². The first-order valence-electron chi connectivity index (χ1n) is 7.82. The number of nitrogens with zero attached hydrogens (tertiary/aromatic N) is 1. The van der Waals surface area contributed by atoms with Crippen LogP contribution in [-0.4, -0.2) is 36.7 Å². The molecule has 3 nitrogen and oxygen atoms in total. The Morgan fingerprint density at radius 3 is 2.81 bits per heavy atom. The van der Waals surface area contributed by atoms with Gasteiger partial charge in [-0.3, -0.25) is 0 Å². The largest absolute Gasteiger partial charge is 0.361 e. The molecule has 0 aromatic carbocycles. The third-order valence-corrected chi connectivity index (χ3v) is 5.61. The summed E-state index contributed by atoms with van der Waals surface area (Å²) in [5.41, 5.74) is 0. The van der Waals surface area contributed by atoms with Crippen LogP contribution in [0.2, 0.25) is 0 Å². The molecule has 1 aromatic heterocycles. The van der Waals surface area contributed by atoms with Gasteiger partial charge in [0, 0.05) is 17.5 Å². The van der Waals surface area contributed by atoms with E-state index in [0.717, 1.165) is 17.6 Å². The molecule has 1 fully saturated rings. The molecule has 3 atom stereocenters. The average Bonchev–Trinajstić information content (AvgIpc) is 2.95. The number of nitrogens with one attached hydrogen (secondary N) is 2. The van der Waals surface area contributed by atoms with Crippen LogP contribution in [0.5, 0.6) is 0 Å². The summed E-state index contributed by atoms with van der Waals surface area (Å²) in [5.74, 6) is 0.723. The fourth-order valence-corrected chi connectivity index (χ4v) is 4.12. The SMILES string of the molecule is CC1CCCCC1NC(=S)NCC(c1cccs1)N(C)C. The van der Waals surface area contributed by atoms with E-state index in [0.29, 0.717) is 12.1 Å². The van der Waals surface area contributed by atoms with E-state index in [1.807, 2.05) is 0 Å². The molecule has 2 N–H and O–H groups in total. The average molecular weight is 326 g/mol. The smallest absolute Gasteiger partial charge is 0.166 e. The third kappa shape index (κ3) is 4.94. The predicted molar refractivity (Wildman–Crippen MR) is 95.9 cm³/mol. The number of rotatable bonds is 5. The molecule has 3 unspecified atom stereocenters. The van der Waals surface area contributed by atoms with Crippen LogP contribution in [0.3, 0.4) is 0 Å².